The molecule has 0 aromatic rings. The van der Waals surface area contributed by atoms with Gasteiger partial charge < -0.3 is 0 Å². The second kappa shape index (κ2) is 8.95. The van der Waals surface area contributed by atoms with E-state index in [0.29, 0.717) is 0 Å². The number of hydrogen-bond donors (Lipinski definition) is 1. The Morgan fingerprint density at radius 3 is 1.50 bits per heavy atom. The summed E-state index contributed by atoms with van der Waals surface area (Å²) >= 11 is 0. The van der Waals surface area contributed by atoms with E-state index in [1.807, 2.05) is 0 Å². The van der Waals surface area contributed by atoms with E-state index in [1.165, 1.54) is 14.2 Å². The summed E-state index contributed by atoms with van der Waals surface area (Å²) in [4.78, 5) is 8.44. The first-order valence-electron chi connectivity index (χ1n) is 1.22. The maximum Gasteiger partial charge on any atom is 0.0599 e. The van der Waals surface area contributed by atoms with Crippen LogP contribution < -0.4 is 5.64 Å². The molecule has 1 N–H and O–H groups in total. The molecule has 0 aromatic carbocycles. The van der Waals surface area contributed by atoms with Gasteiger partial charge in [-0.2, -0.15) is 0 Å². The third-order valence-electron chi connectivity index (χ3n) is 0.167. The molecule has 3 nitrogen and oxygen atoms in total. The summed E-state index contributed by atoms with van der Waals surface area (Å²) in [6, 6.07) is 0. The van der Waals surface area contributed by atoms with Crippen molar-refractivity contribution in [1.29, 1.82) is 0 Å². The Hall–Kier alpha value is 0.170. The molecular formula is C2H8ClNO2. The predicted molar refractivity (Wildman–Crippen MR) is 24.4 cm³/mol. The molecule has 0 aliphatic rings. The van der Waals surface area contributed by atoms with Crippen LogP contribution in [0.1, 0.15) is 0 Å². The van der Waals surface area contributed by atoms with Gasteiger partial charge in [0.2, 0.25) is 0 Å². The van der Waals surface area contributed by atoms with E-state index in [-0.39, 0.29) is 12.4 Å². The Labute approximate surface area is 42.9 Å². The van der Waals surface area contributed by atoms with E-state index >= 15 is 0 Å². The molecule has 0 fully saturated rings. The fourth-order valence-electron chi connectivity index (χ4n) is 0.0833. The second-order valence-electron chi connectivity index (χ2n) is 0.492. The van der Waals surface area contributed by atoms with Crippen molar-refractivity contribution >= 4 is 12.4 Å². The smallest absolute Gasteiger partial charge is 0.0599 e. The topological polar surface area (TPSA) is 30.5 Å². The van der Waals surface area contributed by atoms with Crippen molar-refractivity contribution in [1.82, 2.24) is 5.64 Å². The van der Waals surface area contributed by atoms with Crippen molar-refractivity contribution in [3.63, 3.8) is 0 Å². The second-order valence-corrected chi connectivity index (χ2v) is 0.492. The molecule has 0 aliphatic carbocycles. The highest BCUT2D eigenvalue weighted by Gasteiger charge is 1.58. The molecule has 0 heterocycles. The van der Waals surface area contributed by atoms with Gasteiger partial charge in [-0.1, -0.05) is 5.64 Å². The minimum atomic E-state index is 0. The van der Waals surface area contributed by atoms with Crippen LogP contribution in [0.25, 0.3) is 0 Å². The van der Waals surface area contributed by atoms with Crippen molar-refractivity contribution in [3.05, 3.63) is 0 Å². The number of nitrogens with one attached hydrogen (secondary N) is 1. The SMILES string of the molecule is CONOC.Cl. The molecule has 0 amide bonds. The summed E-state index contributed by atoms with van der Waals surface area (Å²) in [5, 5.41) is 0. The Morgan fingerprint density at radius 2 is 1.50 bits per heavy atom. The van der Waals surface area contributed by atoms with E-state index in [0.717, 1.165) is 0 Å². The van der Waals surface area contributed by atoms with Gasteiger partial charge in [0.1, 0.15) is 0 Å². The van der Waals surface area contributed by atoms with Crippen molar-refractivity contribution in [2.24, 2.45) is 0 Å². The van der Waals surface area contributed by atoms with Crippen molar-refractivity contribution in [3.8, 4) is 0 Å². The molecule has 6 heavy (non-hydrogen) atoms. The summed E-state index contributed by atoms with van der Waals surface area (Å²) in [6.45, 7) is 0. The molecule has 0 aromatic heterocycles. The van der Waals surface area contributed by atoms with E-state index in [9.17, 15) is 0 Å². The highest BCUT2D eigenvalue weighted by atomic mass is 35.5. The van der Waals surface area contributed by atoms with Crippen molar-refractivity contribution in [2.45, 2.75) is 0 Å². The molecule has 0 bridgehead atoms. The van der Waals surface area contributed by atoms with Crippen LogP contribution in [0.2, 0.25) is 0 Å². The molecule has 0 radical (unpaired) electrons. The van der Waals surface area contributed by atoms with Crippen LogP contribution in [0.3, 0.4) is 0 Å². The summed E-state index contributed by atoms with van der Waals surface area (Å²) in [5.41, 5.74) is 2.11. The fraction of sp³-hybridized carbons (Fsp3) is 1.00. The van der Waals surface area contributed by atoms with Gasteiger partial charge in [0.25, 0.3) is 0 Å². The summed E-state index contributed by atoms with van der Waals surface area (Å²) in [6.07, 6.45) is 0. The zero-order valence-corrected chi connectivity index (χ0v) is 4.54. The monoisotopic (exact) mass is 113 g/mol. The summed E-state index contributed by atoms with van der Waals surface area (Å²) < 4.78 is 0. The van der Waals surface area contributed by atoms with Gasteiger partial charge in [0, 0.05) is 0 Å². The Bertz CT molecular complexity index is 19.0. The molecule has 0 aliphatic heterocycles. The van der Waals surface area contributed by atoms with E-state index in [4.69, 9.17) is 0 Å². The van der Waals surface area contributed by atoms with Crippen LogP contribution >= 0.6 is 12.4 Å². The molecule has 0 rings (SSSR count). The lowest BCUT2D eigenvalue weighted by Crippen LogP contribution is -2.07. The molecule has 4 heteroatoms. The first-order chi connectivity index (χ1) is 2.41. The molecule has 40 valence electrons. The number of hydrogen-bond acceptors (Lipinski definition) is 3. The first-order valence-corrected chi connectivity index (χ1v) is 1.22. The lowest BCUT2D eigenvalue weighted by atomic mass is 11.7. The van der Waals surface area contributed by atoms with Crippen LogP contribution in [0, 0.1) is 0 Å². The highest BCUT2D eigenvalue weighted by Crippen LogP contribution is 1.46. The van der Waals surface area contributed by atoms with Gasteiger partial charge in [-0.3, -0.25) is 9.68 Å². The minimum Gasteiger partial charge on any atom is -0.280 e. The van der Waals surface area contributed by atoms with Crippen molar-refractivity contribution < 1.29 is 9.68 Å². The third kappa shape index (κ3) is 8.90. The molecule has 0 atom stereocenters. The van der Waals surface area contributed by atoms with Gasteiger partial charge in [-0.05, 0) is 0 Å². The standard InChI is InChI=1S/C2H7NO2.ClH/c1-4-3-5-2;/h3H,1-2H3;1H. The van der Waals surface area contributed by atoms with Crippen LogP contribution in [-0.4, -0.2) is 14.2 Å². The number of rotatable bonds is 2. The Morgan fingerprint density at radius 1 is 1.17 bits per heavy atom. The average Bonchev–Trinajstić information content (AvgIpc) is 1.41. The molecule has 0 saturated carbocycles. The lowest BCUT2D eigenvalue weighted by Gasteiger charge is -1.89. The average molecular weight is 114 g/mol. The maximum absolute atomic E-state index is 4.22. The van der Waals surface area contributed by atoms with Crippen LogP contribution in [0.15, 0.2) is 0 Å². The van der Waals surface area contributed by atoms with E-state index in [2.05, 4.69) is 15.3 Å². The van der Waals surface area contributed by atoms with Crippen molar-refractivity contribution in [2.75, 3.05) is 14.2 Å². The van der Waals surface area contributed by atoms with Gasteiger partial charge in [-0.25, -0.2) is 0 Å². The quantitative estimate of drug-likeness (QED) is 0.516. The first kappa shape index (κ1) is 9.48. The van der Waals surface area contributed by atoms with Crippen LogP contribution in [-0.2, 0) is 9.68 Å². The summed E-state index contributed by atoms with van der Waals surface area (Å²) in [5.74, 6) is 0. The minimum absolute atomic E-state index is 0. The Kier molecular flexibility index (Phi) is 14.1. The van der Waals surface area contributed by atoms with E-state index < -0.39 is 0 Å². The Balaban J connectivity index is 0. The van der Waals surface area contributed by atoms with E-state index in [1.54, 1.807) is 0 Å². The van der Waals surface area contributed by atoms with Gasteiger partial charge in [0.05, 0.1) is 14.2 Å². The summed E-state index contributed by atoms with van der Waals surface area (Å²) in [7, 11) is 2.95. The maximum atomic E-state index is 4.22. The number of halogens is 1. The zero-order chi connectivity index (χ0) is 4.12. The van der Waals surface area contributed by atoms with Crippen LogP contribution in [0.4, 0.5) is 0 Å². The van der Waals surface area contributed by atoms with Gasteiger partial charge in [-0.15, -0.1) is 12.4 Å². The predicted octanol–water partition coefficient (Wildman–Crippen LogP) is 0.121. The normalized spacial score (nSPS) is 7.00. The lowest BCUT2D eigenvalue weighted by molar-refractivity contribution is -0.130. The fourth-order valence-corrected chi connectivity index (χ4v) is 0.0833. The van der Waals surface area contributed by atoms with Gasteiger partial charge >= 0.3 is 0 Å². The highest BCUT2D eigenvalue weighted by molar-refractivity contribution is 5.85. The van der Waals surface area contributed by atoms with Gasteiger partial charge in [0.15, 0.2) is 0 Å². The molecular weight excluding hydrogens is 105 g/mol. The third-order valence-corrected chi connectivity index (χ3v) is 0.167. The molecule has 0 saturated heterocycles. The molecule has 0 unspecified atom stereocenters. The largest absolute Gasteiger partial charge is 0.280 e. The zero-order valence-electron chi connectivity index (χ0n) is 3.72. The van der Waals surface area contributed by atoms with Crippen LogP contribution in [0.5, 0.6) is 0 Å². The molecule has 0 spiro atoms.